The summed E-state index contributed by atoms with van der Waals surface area (Å²) in [5, 5.41) is 40.9. The van der Waals surface area contributed by atoms with Crippen molar-refractivity contribution in [3.05, 3.63) is 30.3 Å². The predicted molar refractivity (Wildman–Crippen MR) is 155 cm³/mol. The van der Waals surface area contributed by atoms with Crippen molar-refractivity contribution in [3.63, 3.8) is 0 Å². The van der Waals surface area contributed by atoms with E-state index in [2.05, 4.69) is 0 Å². The molecule has 0 atom stereocenters. The molecule has 0 heterocycles. The van der Waals surface area contributed by atoms with Gasteiger partial charge in [-0.2, -0.15) is 0 Å². The van der Waals surface area contributed by atoms with Crippen LogP contribution in [0.25, 0.3) is 0 Å². The fraction of sp³-hybridized carbons (Fsp3) is 0. The maximum atomic E-state index is 8.36. The van der Waals surface area contributed by atoms with E-state index in [-0.39, 0.29) is 566 Å². The van der Waals surface area contributed by atoms with Crippen LogP contribution in [-0.4, -0.2) is 597 Å². The van der Waals surface area contributed by atoms with Gasteiger partial charge in [0.1, 0.15) is 0 Å². The quantitative estimate of drug-likeness (QED) is 0.121. The first-order valence-corrected chi connectivity index (χ1v) is 1.70. The SMILES string of the molecule is O=[N+]([O-])O.O=[N+]([O-])O.O=[N+]([O-])O.[CaH2].[CaH2].[CaH2].[CaH2].[CaH2].[CaH2].[CaH2].[CaH2].[CaH2].[CaH2].[CaH2].[CaH2].[CaH2].[CaH2].[CaH2]. The number of hydrogen-bond donors (Lipinski definition) is 3. The monoisotopic (exact) mass is 819 g/mol. The van der Waals surface area contributed by atoms with Crippen molar-refractivity contribution in [2.75, 3.05) is 0 Å². The van der Waals surface area contributed by atoms with Crippen LogP contribution >= 0.6 is 0 Å². The van der Waals surface area contributed by atoms with E-state index in [0.29, 0.717) is 0 Å². The summed E-state index contributed by atoms with van der Waals surface area (Å²) >= 11 is 0. The van der Waals surface area contributed by atoms with Crippen LogP contribution in [0, 0.1) is 30.3 Å². The topological polar surface area (TPSA) is 190 Å². The molecule has 0 unspecified atom stereocenters. The second kappa shape index (κ2) is 113. The van der Waals surface area contributed by atoms with E-state index in [1.807, 2.05) is 0 Å². The molecule has 27 heavy (non-hydrogen) atoms. The molecule has 0 aromatic heterocycles. The summed E-state index contributed by atoms with van der Waals surface area (Å²) in [6.45, 7) is 0. The zero-order valence-electron chi connectivity index (χ0n) is 5.13. The molecule has 0 spiro atoms. The third kappa shape index (κ3) is 256. The van der Waals surface area contributed by atoms with Crippen LogP contribution in [0.1, 0.15) is 0 Å². The number of rotatable bonds is 0. The van der Waals surface area contributed by atoms with Crippen molar-refractivity contribution in [3.8, 4) is 0 Å². The Kier molecular flexibility index (Phi) is 504. The van der Waals surface area contributed by atoms with Crippen molar-refractivity contribution in [2.24, 2.45) is 0 Å². The second-order valence-corrected chi connectivity index (χ2v) is 0.714. The van der Waals surface area contributed by atoms with Crippen LogP contribution in [0.3, 0.4) is 0 Å². The minimum atomic E-state index is -1.50. The zero-order valence-corrected chi connectivity index (χ0v) is 5.13. The average Bonchev–Trinajstić information content (AvgIpc) is 1.54. The van der Waals surface area contributed by atoms with E-state index in [1.54, 1.807) is 0 Å². The molecular weight excluding hydrogens is 787 g/mol. The molecule has 0 bridgehead atoms. The van der Waals surface area contributed by atoms with Gasteiger partial charge in [-0.25, -0.2) is 0 Å². The van der Waals surface area contributed by atoms with Crippen LogP contribution in [0.2, 0.25) is 0 Å². The van der Waals surface area contributed by atoms with Crippen LogP contribution < -0.4 is 0 Å². The molecule has 0 aliphatic heterocycles. The average molecular weight is 820 g/mol. The van der Waals surface area contributed by atoms with Crippen molar-refractivity contribution in [2.45, 2.75) is 0 Å². The summed E-state index contributed by atoms with van der Waals surface area (Å²) in [5.41, 5.74) is 0. The summed E-state index contributed by atoms with van der Waals surface area (Å²) < 4.78 is 0. The van der Waals surface area contributed by atoms with E-state index in [0.717, 1.165) is 0 Å². The Morgan fingerprint density at radius 2 is 0.333 bits per heavy atom. The summed E-state index contributed by atoms with van der Waals surface area (Å²) in [7, 11) is 0. The molecule has 0 aromatic carbocycles. The predicted octanol–water partition coefficient (Wildman–Crippen LogP) is -14.8. The molecule has 0 amide bonds. The maximum absolute atomic E-state index is 8.36. The van der Waals surface area contributed by atoms with E-state index < -0.39 is 15.3 Å². The first-order chi connectivity index (χ1) is 5.20. The van der Waals surface area contributed by atoms with Crippen molar-refractivity contribution < 1.29 is 30.9 Å². The first-order valence-electron chi connectivity index (χ1n) is 1.70. The molecule has 132 valence electrons. The molecule has 0 fully saturated rings. The Morgan fingerprint density at radius 1 is 0.333 bits per heavy atom. The van der Waals surface area contributed by atoms with Gasteiger partial charge in [-0.15, -0.1) is 30.3 Å². The van der Waals surface area contributed by atoms with E-state index in [9.17, 15) is 0 Å². The Morgan fingerprint density at radius 3 is 0.333 bits per heavy atom. The van der Waals surface area contributed by atoms with E-state index in [1.165, 1.54) is 0 Å². The summed E-state index contributed by atoms with van der Waals surface area (Å²) in [4.78, 5) is 25.1. The second-order valence-electron chi connectivity index (χ2n) is 0.714. The Bertz CT molecular complexity index is 134. The Balaban J connectivity index is -0.00000000220. The fourth-order valence-corrected chi connectivity index (χ4v) is 0. The normalized spacial score (nSPS) is 2.67. The molecule has 27 heteroatoms. The molecule has 0 radical (unpaired) electrons. The molecule has 0 aromatic rings. The number of nitrogens with zero attached hydrogens (tertiary/aromatic N) is 3. The third-order valence-corrected chi connectivity index (χ3v) is 0. The Labute approximate surface area is 604 Å². The van der Waals surface area contributed by atoms with Crippen LogP contribution in [0.4, 0.5) is 0 Å². The van der Waals surface area contributed by atoms with E-state index >= 15 is 0 Å². The molecule has 0 rings (SSSR count). The van der Waals surface area contributed by atoms with Crippen LogP contribution in [0.15, 0.2) is 0 Å². The molecule has 12 nitrogen and oxygen atoms in total. The van der Waals surface area contributed by atoms with Gasteiger partial charge in [-0.3, -0.25) is 0 Å². The van der Waals surface area contributed by atoms with Gasteiger partial charge in [-0.1, -0.05) is 0 Å². The molecule has 0 aliphatic carbocycles. The van der Waals surface area contributed by atoms with Gasteiger partial charge in [0, 0.05) is 0 Å². The molecule has 0 aliphatic rings. The molecular formula is H33Ca15N3O9. The standard InChI is InChI=1S/15Ca.3HNO3.30H/c;;;;;;;;;;;;;;;3*2-1(3)4;;;;;;;;;;;;;;;;;;;;;;;;;;;;;;/h;;;;;;;;;;;;;;;3*(H,2,3,4);;;;;;;;;;;;;;;;;;;;;;;;;;;;;;. The van der Waals surface area contributed by atoms with Gasteiger partial charge >= 0.3 is 566 Å². The first kappa shape index (κ1) is 121. The number of hydrogen-bond acceptors (Lipinski definition) is 6. The fourth-order valence-electron chi connectivity index (χ4n) is 0. The van der Waals surface area contributed by atoms with Gasteiger partial charge < -0.3 is 15.6 Å². The van der Waals surface area contributed by atoms with Crippen molar-refractivity contribution in [1.29, 1.82) is 0 Å². The minimum absolute atomic E-state index is 0. The summed E-state index contributed by atoms with van der Waals surface area (Å²) in [5.74, 6) is 0. The van der Waals surface area contributed by atoms with E-state index in [4.69, 9.17) is 46.0 Å². The Hall–Kier alpha value is 16.5. The summed E-state index contributed by atoms with van der Waals surface area (Å²) in [6.07, 6.45) is 0. The van der Waals surface area contributed by atoms with Crippen LogP contribution in [0.5, 0.6) is 0 Å². The van der Waals surface area contributed by atoms with Gasteiger partial charge in [0.15, 0.2) is 0 Å². The van der Waals surface area contributed by atoms with Crippen molar-refractivity contribution >= 4 is 566 Å². The van der Waals surface area contributed by atoms with Gasteiger partial charge in [0.25, 0.3) is 15.3 Å². The van der Waals surface area contributed by atoms with Gasteiger partial charge in [-0.05, 0) is 0 Å². The zero-order chi connectivity index (χ0) is 10.7. The summed E-state index contributed by atoms with van der Waals surface area (Å²) in [6, 6.07) is 0. The van der Waals surface area contributed by atoms with Crippen LogP contribution in [-0.2, 0) is 0 Å². The van der Waals surface area contributed by atoms with Crippen molar-refractivity contribution in [1.82, 2.24) is 0 Å². The van der Waals surface area contributed by atoms with Gasteiger partial charge in [0.05, 0.1) is 0 Å². The van der Waals surface area contributed by atoms with Gasteiger partial charge in [0.2, 0.25) is 0 Å². The molecule has 3 N–H and O–H groups in total. The third-order valence-electron chi connectivity index (χ3n) is 0. The molecule has 0 saturated heterocycles. The molecule has 0 saturated carbocycles.